The summed E-state index contributed by atoms with van der Waals surface area (Å²) in [5.41, 5.74) is -0.313. The summed E-state index contributed by atoms with van der Waals surface area (Å²) in [6.07, 6.45) is -2.75. The lowest BCUT2D eigenvalue weighted by molar-refractivity contribution is -0.137. The minimum Gasteiger partial charge on any atom is -0.384 e. The molecule has 2 N–H and O–H groups in total. The van der Waals surface area contributed by atoms with Gasteiger partial charge in [-0.1, -0.05) is 13.8 Å². The van der Waals surface area contributed by atoms with Crippen LogP contribution < -0.4 is 10.6 Å². The second kappa shape index (κ2) is 5.95. The maximum absolute atomic E-state index is 12.8. The molecular formula is C15H19F3N2O. The molecule has 2 unspecified atom stereocenters. The predicted octanol–water partition coefficient (Wildman–Crippen LogP) is 3.67. The highest BCUT2D eigenvalue weighted by Gasteiger charge is 2.35. The normalized spacial score (nSPS) is 21.0. The number of anilines is 1. The third-order valence-corrected chi connectivity index (χ3v) is 3.58. The number of alkyl halides is 3. The van der Waals surface area contributed by atoms with Gasteiger partial charge in [-0.3, -0.25) is 4.79 Å². The van der Waals surface area contributed by atoms with E-state index in [9.17, 15) is 18.0 Å². The van der Waals surface area contributed by atoms with Crippen LogP contribution in [0.3, 0.4) is 0 Å². The molecule has 2 atom stereocenters. The Balaban J connectivity index is 2.26. The largest absolute Gasteiger partial charge is 0.416 e. The van der Waals surface area contributed by atoms with E-state index in [2.05, 4.69) is 10.6 Å². The molecule has 116 valence electrons. The zero-order chi connectivity index (χ0) is 15.6. The van der Waals surface area contributed by atoms with Gasteiger partial charge in [0.05, 0.1) is 11.1 Å². The number of halogens is 3. The minimum atomic E-state index is -4.45. The van der Waals surface area contributed by atoms with Crippen LogP contribution in [-0.2, 0) is 6.18 Å². The van der Waals surface area contributed by atoms with E-state index in [4.69, 9.17) is 0 Å². The highest BCUT2D eigenvalue weighted by Crippen LogP contribution is 2.33. The van der Waals surface area contributed by atoms with Crippen LogP contribution in [0.1, 0.15) is 42.6 Å². The van der Waals surface area contributed by atoms with Crippen molar-refractivity contribution in [2.75, 3.05) is 11.9 Å². The average molecular weight is 300 g/mol. The third-order valence-electron chi connectivity index (χ3n) is 3.58. The van der Waals surface area contributed by atoms with E-state index in [-0.39, 0.29) is 11.6 Å². The van der Waals surface area contributed by atoms with Crippen molar-refractivity contribution in [3.63, 3.8) is 0 Å². The van der Waals surface area contributed by atoms with Gasteiger partial charge in [-0.05, 0) is 37.0 Å². The first kappa shape index (κ1) is 15.7. The first-order valence-electron chi connectivity index (χ1n) is 7.09. The number of benzene rings is 1. The van der Waals surface area contributed by atoms with Crippen LogP contribution in [0.2, 0.25) is 0 Å². The van der Waals surface area contributed by atoms with Crippen LogP contribution in [0.15, 0.2) is 18.2 Å². The van der Waals surface area contributed by atoms with E-state index in [0.717, 1.165) is 25.0 Å². The van der Waals surface area contributed by atoms with Gasteiger partial charge in [0.25, 0.3) is 5.91 Å². The lowest BCUT2D eigenvalue weighted by atomic mass is 10.1. The predicted molar refractivity (Wildman–Crippen MR) is 75.3 cm³/mol. The van der Waals surface area contributed by atoms with E-state index >= 15 is 0 Å². The first-order chi connectivity index (χ1) is 9.82. The second-order valence-corrected chi connectivity index (χ2v) is 5.48. The van der Waals surface area contributed by atoms with Crippen molar-refractivity contribution in [2.45, 2.75) is 38.9 Å². The number of amides is 1. The maximum Gasteiger partial charge on any atom is 0.416 e. The molecule has 1 aliphatic rings. The van der Waals surface area contributed by atoms with Gasteiger partial charge in [-0.25, -0.2) is 0 Å². The highest BCUT2D eigenvalue weighted by atomic mass is 19.4. The zero-order valence-electron chi connectivity index (χ0n) is 12.1. The lowest BCUT2D eigenvalue weighted by Crippen LogP contribution is -2.28. The fraction of sp³-hybridized carbons (Fsp3) is 0.533. The van der Waals surface area contributed by atoms with E-state index in [0.29, 0.717) is 18.2 Å². The van der Waals surface area contributed by atoms with Gasteiger partial charge in [0.1, 0.15) is 0 Å². The van der Waals surface area contributed by atoms with Gasteiger partial charge in [0, 0.05) is 18.3 Å². The third kappa shape index (κ3) is 3.89. The number of hydrogen-bond donors (Lipinski definition) is 2. The van der Waals surface area contributed by atoms with Crippen LogP contribution in [0.25, 0.3) is 0 Å². The topological polar surface area (TPSA) is 41.1 Å². The summed E-state index contributed by atoms with van der Waals surface area (Å²) in [5.74, 6) is -0.0548. The molecule has 2 rings (SSSR count). The van der Waals surface area contributed by atoms with Gasteiger partial charge in [0.15, 0.2) is 0 Å². The number of carbonyl (C=O) groups is 1. The van der Waals surface area contributed by atoms with Gasteiger partial charge in [-0.15, -0.1) is 0 Å². The quantitative estimate of drug-likeness (QED) is 0.871. The monoisotopic (exact) mass is 300 g/mol. The van der Waals surface area contributed by atoms with Crippen molar-refractivity contribution < 1.29 is 18.0 Å². The van der Waals surface area contributed by atoms with Crippen molar-refractivity contribution in [3.8, 4) is 0 Å². The van der Waals surface area contributed by atoms with Crippen molar-refractivity contribution in [3.05, 3.63) is 29.3 Å². The SMILES string of the molecule is CCCNc1ccc(C(F)(F)F)cc1C(=O)NC1CC1C. The molecule has 1 aromatic carbocycles. The molecule has 0 bridgehead atoms. The standard InChI is InChI=1S/C15H19F3N2O/c1-3-6-19-12-5-4-10(15(16,17)18)8-11(12)14(21)20-13-7-9(13)2/h4-5,8-9,13,19H,3,6-7H2,1-2H3,(H,20,21). The van der Waals surface area contributed by atoms with E-state index in [1.165, 1.54) is 6.07 Å². The Bertz CT molecular complexity index is 528. The van der Waals surface area contributed by atoms with Crippen molar-refractivity contribution >= 4 is 11.6 Å². The van der Waals surface area contributed by atoms with Crippen molar-refractivity contribution in [2.24, 2.45) is 5.92 Å². The zero-order valence-corrected chi connectivity index (χ0v) is 12.1. The Morgan fingerprint density at radius 2 is 2.05 bits per heavy atom. The van der Waals surface area contributed by atoms with Crippen molar-refractivity contribution in [1.82, 2.24) is 5.32 Å². The number of rotatable bonds is 5. The van der Waals surface area contributed by atoms with Crippen LogP contribution in [0, 0.1) is 5.92 Å². The van der Waals surface area contributed by atoms with Crippen LogP contribution in [0.4, 0.5) is 18.9 Å². The number of carbonyl (C=O) groups excluding carboxylic acids is 1. The second-order valence-electron chi connectivity index (χ2n) is 5.48. The minimum absolute atomic E-state index is 0.0531. The molecule has 1 aliphatic carbocycles. The lowest BCUT2D eigenvalue weighted by Gasteiger charge is -2.15. The van der Waals surface area contributed by atoms with Crippen LogP contribution >= 0.6 is 0 Å². The van der Waals surface area contributed by atoms with Gasteiger partial charge >= 0.3 is 6.18 Å². The Morgan fingerprint density at radius 3 is 2.57 bits per heavy atom. The Hall–Kier alpha value is -1.72. The molecule has 1 amide bonds. The molecule has 0 radical (unpaired) electrons. The molecule has 0 heterocycles. The molecule has 0 spiro atoms. The molecule has 1 aromatic rings. The van der Waals surface area contributed by atoms with Crippen LogP contribution in [0.5, 0.6) is 0 Å². The Labute approximate surface area is 121 Å². The summed E-state index contributed by atoms with van der Waals surface area (Å²) in [4.78, 5) is 12.2. The maximum atomic E-state index is 12.8. The van der Waals surface area contributed by atoms with Gasteiger partial charge in [-0.2, -0.15) is 13.2 Å². The molecule has 1 saturated carbocycles. The number of hydrogen-bond acceptors (Lipinski definition) is 2. The Morgan fingerprint density at radius 1 is 1.38 bits per heavy atom. The average Bonchev–Trinajstić information content (AvgIpc) is 3.10. The summed E-state index contributed by atoms with van der Waals surface area (Å²) in [7, 11) is 0. The molecule has 0 aliphatic heterocycles. The molecule has 21 heavy (non-hydrogen) atoms. The number of nitrogens with one attached hydrogen (secondary N) is 2. The van der Waals surface area contributed by atoms with Gasteiger partial charge < -0.3 is 10.6 Å². The summed E-state index contributed by atoms with van der Waals surface area (Å²) in [5, 5.41) is 5.77. The van der Waals surface area contributed by atoms with Crippen molar-refractivity contribution in [1.29, 1.82) is 0 Å². The first-order valence-corrected chi connectivity index (χ1v) is 7.09. The van der Waals surface area contributed by atoms with Gasteiger partial charge in [0.2, 0.25) is 0 Å². The summed E-state index contributed by atoms with van der Waals surface area (Å²) in [6, 6.07) is 3.31. The molecule has 0 saturated heterocycles. The summed E-state index contributed by atoms with van der Waals surface area (Å²) < 4.78 is 38.4. The van der Waals surface area contributed by atoms with E-state index in [1.807, 2.05) is 13.8 Å². The smallest absolute Gasteiger partial charge is 0.384 e. The summed E-state index contributed by atoms with van der Waals surface area (Å²) in [6.45, 7) is 4.54. The molecule has 0 aromatic heterocycles. The molecule has 3 nitrogen and oxygen atoms in total. The van der Waals surface area contributed by atoms with E-state index < -0.39 is 17.6 Å². The molecular weight excluding hydrogens is 281 g/mol. The Kier molecular flexibility index (Phi) is 4.44. The molecule has 1 fully saturated rings. The van der Waals surface area contributed by atoms with E-state index in [1.54, 1.807) is 0 Å². The van der Waals surface area contributed by atoms with Crippen LogP contribution in [-0.4, -0.2) is 18.5 Å². The fourth-order valence-electron chi connectivity index (χ4n) is 2.09. The fourth-order valence-corrected chi connectivity index (χ4v) is 2.09. The highest BCUT2D eigenvalue weighted by molar-refractivity contribution is 6.00. The molecule has 6 heteroatoms. The summed E-state index contributed by atoms with van der Waals surface area (Å²) >= 11 is 0.